The fraction of sp³-hybridized carbons (Fsp3) is 0.333. The van der Waals surface area contributed by atoms with Crippen LogP contribution in [-0.2, 0) is 14.6 Å². The smallest absolute Gasteiger partial charge is 0.262 e. The highest BCUT2D eigenvalue weighted by Crippen LogP contribution is 2.33. The molecular formula is C24H27ClN4O5S2. The number of thiazole rings is 1. The quantitative estimate of drug-likeness (QED) is 0.377. The van der Waals surface area contributed by atoms with E-state index in [0.29, 0.717) is 21.9 Å². The highest BCUT2D eigenvalue weighted by Gasteiger charge is 2.37. The van der Waals surface area contributed by atoms with Gasteiger partial charge in [-0.05, 0) is 37.4 Å². The van der Waals surface area contributed by atoms with E-state index in [2.05, 4.69) is 9.88 Å². The first kappa shape index (κ1) is 27.7. The Morgan fingerprint density at radius 3 is 2.14 bits per heavy atom. The number of benzene rings is 2. The minimum Gasteiger partial charge on any atom is -0.302 e. The lowest BCUT2D eigenvalue weighted by Gasteiger charge is -2.26. The second-order valence-electron chi connectivity index (χ2n) is 8.19. The van der Waals surface area contributed by atoms with Crippen molar-refractivity contribution in [3.63, 3.8) is 0 Å². The molecule has 0 radical (unpaired) electrons. The van der Waals surface area contributed by atoms with Gasteiger partial charge in [0, 0.05) is 19.3 Å². The highest BCUT2D eigenvalue weighted by molar-refractivity contribution is 7.91. The molecule has 36 heavy (non-hydrogen) atoms. The molecule has 0 unspecified atom stereocenters. The predicted molar refractivity (Wildman–Crippen MR) is 142 cm³/mol. The number of imide groups is 1. The Labute approximate surface area is 220 Å². The third kappa shape index (κ3) is 5.29. The molecule has 0 saturated heterocycles. The first-order valence-corrected chi connectivity index (χ1v) is 13.9. The lowest BCUT2D eigenvalue weighted by molar-refractivity contribution is -0.119. The summed E-state index contributed by atoms with van der Waals surface area (Å²) in [6.45, 7) is 6.01. The van der Waals surface area contributed by atoms with Gasteiger partial charge in [0.15, 0.2) is 15.0 Å². The zero-order chi connectivity index (χ0) is 25.3. The molecular weight excluding hydrogens is 524 g/mol. The topological polar surface area (TPSA) is 108 Å². The highest BCUT2D eigenvalue weighted by atomic mass is 35.5. The molecule has 0 atom stereocenters. The molecule has 0 fully saturated rings. The van der Waals surface area contributed by atoms with Gasteiger partial charge in [-0.3, -0.25) is 24.2 Å². The average Bonchev–Trinajstić information content (AvgIpc) is 3.36. The van der Waals surface area contributed by atoms with Crippen molar-refractivity contribution in [2.75, 3.05) is 43.9 Å². The zero-order valence-electron chi connectivity index (χ0n) is 20.1. The molecule has 1 aliphatic rings. The van der Waals surface area contributed by atoms with Gasteiger partial charge >= 0.3 is 0 Å². The van der Waals surface area contributed by atoms with Gasteiger partial charge in [-0.1, -0.05) is 43.4 Å². The monoisotopic (exact) mass is 550 g/mol. The summed E-state index contributed by atoms with van der Waals surface area (Å²) < 4.78 is 25.1. The maximum absolute atomic E-state index is 13.5. The summed E-state index contributed by atoms with van der Waals surface area (Å²) in [7, 11) is -3.52. The lowest BCUT2D eigenvalue weighted by Crippen LogP contribution is -2.45. The lowest BCUT2D eigenvalue weighted by atomic mass is 10.1. The number of amides is 3. The molecule has 1 aliphatic heterocycles. The molecule has 0 N–H and O–H groups in total. The van der Waals surface area contributed by atoms with Crippen LogP contribution in [0.1, 0.15) is 34.6 Å². The molecule has 1 aromatic heterocycles. The Morgan fingerprint density at radius 2 is 1.58 bits per heavy atom. The van der Waals surface area contributed by atoms with Crippen molar-refractivity contribution in [2.45, 2.75) is 18.7 Å². The van der Waals surface area contributed by atoms with Gasteiger partial charge in [0.1, 0.15) is 12.1 Å². The van der Waals surface area contributed by atoms with E-state index in [4.69, 9.17) is 0 Å². The van der Waals surface area contributed by atoms with Crippen LogP contribution in [0.5, 0.6) is 0 Å². The van der Waals surface area contributed by atoms with Crippen molar-refractivity contribution in [1.82, 2.24) is 14.8 Å². The van der Waals surface area contributed by atoms with Crippen LogP contribution in [0.3, 0.4) is 0 Å². The van der Waals surface area contributed by atoms with E-state index in [0.717, 1.165) is 24.2 Å². The van der Waals surface area contributed by atoms with Crippen LogP contribution >= 0.6 is 23.7 Å². The number of nitrogens with zero attached hydrogens (tertiary/aromatic N) is 4. The molecule has 2 heterocycles. The largest absolute Gasteiger partial charge is 0.302 e. The number of hydrogen-bond acceptors (Lipinski definition) is 8. The molecule has 0 aliphatic carbocycles. The Kier molecular flexibility index (Phi) is 8.50. The summed E-state index contributed by atoms with van der Waals surface area (Å²) in [5, 5.41) is 0.324. The minimum atomic E-state index is -3.52. The molecule has 2 aromatic carbocycles. The van der Waals surface area contributed by atoms with Gasteiger partial charge in [-0.25, -0.2) is 13.4 Å². The van der Waals surface area contributed by atoms with Gasteiger partial charge in [-0.15, -0.1) is 12.4 Å². The average molecular weight is 551 g/mol. The number of hydrogen-bond donors (Lipinski definition) is 0. The van der Waals surface area contributed by atoms with Crippen molar-refractivity contribution in [1.29, 1.82) is 0 Å². The number of likely N-dealkylation sites (N-methyl/N-ethyl adjacent to an activating group) is 1. The van der Waals surface area contributed by atoms with E-state index in [1.165, 1.54) is 22.3 Å². The second-order valence-corrected chi connectivity index (χ2v) is 11.2. The van der Waals surface area contributed by atoms with Crippen molar-refractivity contribution in [3.8, 4) is 0 Å². The molecule has 9 nitrogen and oxygen atoms in total. The first-order valence-electron chi connectivity index (χ1n) is 11.2. The maximum Gasteiger partial charge on any atom is 0.262 e. The van der Waals surface area contributed by atoms with E-state index in [9.17, 15) is 22.8 Å². The number of aromatic nitrogens is 1. The van der Waals surface area contributed by atoms with E-state index < -0.39 is 34.1 Å². The third-order valence-electron chi connectivity index (χ3n) is 6.01. The standard InChI is InChI=1S/C24H26N4O5S2.ClH/c1-4-26(5-2)13-14-27(24-25-21-18(34-24)11-8-12-19(21)35(3,32)33)20(29)15-28-22(30)16-9-6-7-10-17(16)23(28)31;/h6-12H,4-5,13-15H2,1-3H3;1H. The normalized spacial score (nSPS) is 13.3. The van der Waals surface area contributed by atoms with E-state index in [1.807, 2.05) is 13.8 Å². The number of halogens is 1. The summed E-state index contributed by atoms with van der Waals surface area (Å²) in [6, 6.07) is 11.4. The first-order chi connectivity index (χ1) is 16.7. The van der Waals surface area contributed by atoms with Crippen LogP contribution < -0.4 is 4.90 Å². The summed E-state index contributed by atoms with van der Waals surface area (Å²) in [5.41, 5.74) is 0.854. The van der Waals surface area contributed by atoms with Gasteiger partial charge < -0.3 is 4.90 Å². The number of para-hydroxylation sites is 1. The van der Waals surface area contributed by atoms with Crippen molar-refractivity contribution in [2.24, 2.45) is 0 Å². The molecule has 3 aromatic rings. The Bertz CT molecular complexity index is 1380. The molecule has 12 heteroatoms. The maximum atomic E-state index is 13.5. The number of sulfone groups is 1. The predicted octanol–water partition coefficient (Wildman–Crippen LogP) is 3.09. The van der Waals surface area contributed by atoms with Crippen LogP contribution in [0.25, 0.3) is 10.2 Å². The van der Waals surface area contributed by atoms with Crippen LogP contribution in [0.15, 0.2) is 47.4 Å². The second kappa shape index (κ2) is 11.0. The molecule has 0 spiro atoms. The van der Waals surface area contributed by atoms with Gasteiger partial charge in [-0.2, -0.15) is 0 Å². The number of anilines is 1. The van der Waals surface area contributed by atoms with Crippen molar-refractivity contribution < 1.29 is 22.8 Å². The van der Waals surface area contributed by atoms with Gasteiger partial charge in [0.25, 0.3) is 11.8 Å². The summed E-state index contributed by atoms with van der Waals surface area (Å²) in [5.74, 6) is -1.48. The Morgan fingerprint density at radius 1 is 0.972 bits per heavy atom. The molecule has 3 amide bonds. The summed E-state index contributed by atoms with van der Waals surface area (Å²) in [4.78, 5) is 48.2. The third-order valence-corrected chi connectivity index (χ3v) is 8.18. The number of fused-ring (bicyclic) bond motifs is 2. The fourth-order valence-electron chi connectivity index (χ4n) is 4.04. The number of carbonyl (C=O) groups excluding carboxylic acids is 3. The van der Waals surface area contributed by atoms with E-state index in [-0.39, 0.29) is 35.0 Å². The molecule has 4 rings (SSSR count). The summed E-state index contributed by atoms with van der Waals surface area (Å²) in [6.07, 6.45) is 1.12. The van der Waals surface area contributed by atoms with Crippen LogP contribution in [0.4, 0.5) is 5.13 Å². The zero-order valence-corrected chi connectivity index (χ0v) is 22.6. The minimum absolute atomic E-state index is 0. The van der Waals surface area contributed by atoms with Crippen LogP contribution in [0.2, 0.25) is 0 Å². The van der Waals surface area contributed by atoms with E-state index in [1.54, 1.807) is 36.4 Å². The number of carbonyl (C=O) groups is 3. The van der Waals surface area contributed by atoms with Gasteiger partial charge in [0.2, 0.25) is 5.91 Å². The SMILES string of the molecule is CCN(CC)CCN(C(=O)CN1C(=O)c2ccccc2C1=O)c1nc2c(S(C)(=O)=O)cccc2s1.Cl. The fourth-order valence-corrected chi connectivity index (χ4v) is 5.97. The van der Waals surface area contributed by atoms with Crippen molar-refractivity contribution in [3.05, 3.63) is 53.6 Å². The molecule has 0 bridgehead atoms. The Balaban J connectivity index is 0.00000361. The van der Waals surface area contributed by atoms with Crippen LogP contribution in [-0.4, -0.2) is 79.9 Å². The summed E-state index contributed by atoms with van der Waals surface area (Å²) >= 11 is 1.20. The van der Waals surface area contributed by atoms with Crippen LogP contribution in [0, 0.1) is 0 Å². The van der Waals surface area contributed by atoms with Crippen molar-refractivity contribution >= 4 is 66.7 Å². The van der Waals surface area contributed by atoms with E-state index >= 15 is 0 Å². The number of rotatable bonds is 9. The molecule has 0 saturated carbocycles. The Hall–Kier alpha value is -2.86. The van der Waals surface area contributed by atoms with Gasteiger partial charge in [0.05, 0.1) is 20.7 Å². The molecule has 192 valence electrons.